The highest BCUT2D eigenvalue weighted by Gasteiger charge is 2.16. The Bertz CT molecular complexity index is 531. The van der Waals surface area contributed by atoms with E-state index in [4.69, 9.17) is 23.2 Å². The Labute approximate surface area is 130 Å². The number of alkyl halides is 1. The lowest BCUT2D eigenvalue weighted by atomic mass is 10.00. The fourth-order valence-corrected chi connectivity index (χ4v) is 4.24. The van der Waals surface area contributed by atoms with Crippen LogP contribution in [-0.4, -0.2) is 0 Å². The molecule has 1 aromatic heterocycles. The quantitative estimate of drug-likeness (QED) is 0.534. The van der Waals surface area contributed by atoms with Gasteiger partial charge in [-0.2, -0.15) is 0 Å². The molecule has 1 heterocycles. The first-order valence-electron chi connectivity index (χ1n) is 5.67. The minimum absolute atomic E-state index is 0.0926. The van der Waals surface area contributed by atoms with E-state index < -0.39 is 0 Å². The third kappa shape index (κ3) is 3.11. The Morgan fingerprint density at radius 3 is 2.06 bits per heavy atom. The van der Waals surface area contributed by atoms with Crippen molar-refractivity contribution < 1.29 is 0 Å². The zero-order chi connectivity index (χ0) is 13.3. The van der Waals surface area contributed by atoms with Gasteiger partial charge in [-0.25, -0.2) is 0 Å². The predicted molar refractivity (Wildman–Crippen MR) is 85.6 cm³/mol. The topological polar surface area (TPSA) is 0 Å². The van der Waals surface area contributed by atoms with Gasteiger partial charge < -0.3 is 0 Å². The van der Waals surface area contributed by atoms with Crippen LogP contribution in [0.15, 0.2) is 30.3 Å². The first kappa shape index (κ1) is 14.4. The predicted octanol–water partition coefficient (Wildman–Crippen LogP) is 6.66. The van der Waals surface area contributed by atoms with Gasteiger partial charge in [-0.05, 0) is 23.1 Å². The highest BCUT2D eigenvalue weighted by molar-refractivity contribution is 9.09. The third-order valence-corrected chi connectivity index (χ3v) is 5.39. The molecule has 0 radical (unpaired) electrons. The molecular weight excluding hydrogens is 351 g/mol. The normalized spacial score (nSPS) is 13.0. The largest absolute Gasteiger partial charge is 0.111 e. The molecule has 0 aliphatic carbocycles. The summed E-state index contributed by atoms with van der Waals surface area (Å²) in [5.74, 6) is 0.548. The highest BCUT2D eigenvalue weighted by Crippen LogP contribution is 2.41. The van der Waals surface area contributed by atoms with Crippen molar-refractivity contribution in [3.05, 3.63) is 55.7 Å². The number of halogens is 3. The number of hydrogen-bond donors (Lipinski definition) is 0. The second-order valence-electron chi connectivity index (χ2n) is 4.46. The molecule has 1 aromatic carbocycles. The van der Waals surface area contributed by atoms with Crippen molar-refractivity contribution in [1.82, 2.24) is 0 Å². The molecule has 1 atom stereocenters. The van der Waals surface area contributed by atoms with Crippen molar-refractivity contribution in [2.24, 2.45) is 0 Å². The van der Waals surface area contributed by atoms with Gasteiger partial charge in [-0.15, -0.1) is 11.3 Å². The lowest BCUT2D eigenvalue weighted by molar-refractivity contribution is 0.865. The fraction of sp³-hybridized carbons (Fsp3) is 0.286. The van der Waals surface area contributed by atoms with Crippen molar-refractivity contribution in [1.29, 1.82) is 0 Å². The maximum Gasteiger partial charge on any atom is 0.0990 e. The summed E-state index contributed by atoms with van der Waals surface area (Å²) in [5.41, 5.74) is 3.56. The van der Waals surface area contributed by atoms with E-state index in [1.807, 2.05) is 6.07 Å². The molecule has 4 heteroatoms. The number of benzene rings is 1. The number of rotatable bonds is 3. The van der Waals surface area contributed by atoms with E-state index in [0.29, 0.717) is 5.92 Å². The molecular formula is C14H13BrCl2S. The molecule has 96 valence electrons. The smallest absolute Gasteiger partial charge is 0.0990 e. The summed E-state index contributed by atoms with van der Waals surface area (Å²) in [6.45, 7) is 4.38. The van der Waals surface area contributed by atoms with Crippen molar-refractivity contribution in [3.8, 4) is 0 Å². The van der Waals surface area contributed by atoms with Gasteiger partial charge >= 0.3 is 0 Å². The van der Waals surface area contributed by atoms with Gasteiger partial charge in [0.1, 0.15) is 0 Å². The van der Waals surface area contributed by atoms with Gasteiger partial charge in [0.05, 0.1) is 13.5 Å². The molecule has 0 aliphatic rings. The Morgan fingerprint density at radius 2 is 1.61 bits per heavy atom. The summed E-state index contributed by atoms with van der Waals surface area (Å²) in [5, 5.41) is 0. The minimum atomic E-state index is 0.0926. The summed E-state index contributed by atoms with van der Waals surface area (Å²) >= 11 is 17.2. The van der Waals surface area contributed by atoms with Gasteiger partial charge in [0.2, 0.25) is 0 Å². The third-order valence-electron chi connectivity index (χ3n) is 2.85. The van der Waals surface area contributed by atoms with E-state index in [1.165, 1.54) is 22.5 Å². The van der Waals surface area contributed by atoms with Crippen LogP contribution in [0.3, 0.4) is 0 Å². The second-order valence-corrected chi connectivity index (χ2v) is 7.66. The Morgan fingerprint density at radius 1 is 1.06 bits per heavy atom. The molecule has 0 aliphatic heterocycles. The SMILES string of the molecule is CC(C)c1ccc(C(Br)c2cc(Cl)sc2Cl)cc1. The zero-order valence-corrected chi connectivity index (χ0v) is 14.0. The van der Waals surface area contributed by atoms with Crippen molar-refractivity contribution >= 4 is 50.5 Å². The summed E-state index contributed by atoms with van der Waals surface area (Å²) in [6.07, 6.45) is 0. The van der Waals surface area contributed by atoms with Gasteiger partial charge in [-0.1, -0.05) is 77.2 Å². The van der Waals surface area contributed by atoms with Crippen LogP contribution >= 0.6 is 50.5 Å². The van der Waals surface area contributed by atoms with E-state index in [2.05, 4.69) is 54.0 Å². The zero-order valence-electron chi connectivity index (χ0n) is 10.1. The van der Waals surface area contributed by atoms with Crippen LogP contribution in [0.1, 0.15) is 41.3 Å². The van der Waals surface area contributed by atoms with E-state index in [0.717, 1.165) is 14.2 Å². The van der Waals surface area contributed by atoms with Crippen molar-refractivity contribution in [2.45, 2.75) is 24.6 Å². The summed E-state index contributed by atoms with van der Waals surface area (Å²) < 4.78 is 1.47. The molecule has 0 saturated carbocycles. The average molecular weight is 364 g/mol. The molecule has 0 fully saturated rings. The van der Waals surface area contributed by atoms with Gasteiger partial charge in [-0.3, -0.25) is 0 Å². The summed E-state index contributed by atoms with van der Waals surface area (Å²) in [4.78, 5) is 0.0926. The Balaban J connectivity index is 2.28. The van der Waals surface area contributed by atoms with Crippen LogP contribution in [-0.2, 0) is 0 Å². The standard InChI is InChI=1S/C14H13BrCl2S/c1-8(2)9-3-5-10(6-4-9)13(15)11-7-12(16)18-14(11)17/h3-8,13H,1-2H3. The molecule has 0 amide bonds. The molecule has 2 rings (SSSR count). The molecule has 0 bridgehead atoms. The molecule has 1 unspecified atom stereocenters. The van der Waals surface area contributed by atoms with Crippen LogP contribution < -0.4 is 0 Å². The van der Waals surface area contributed by atoms with E-state index >= 15 is 0 Å². The highest BCUT2D eigenvalue weighted by atomic mass is 79.9. The van der Waals surface area contributed by atoms with E-state index in [9.17, 15) is 0 Å². The van der Waals surface area contributed by atoms with Crippen LogP contribution in [0.2, 0.25) is 8.67 Å². The fourth-order valence-electron chi connectivity index (χ4n) is 1.76. The van der Waals surface area contributed by atoms with Crippen LogP contribution in [0, 0.1) is 0 Å². The monoisotopic (exact) mass is 362 g/mol. The van der Waals surface area contributed by atoms with Gasteiger partial charge in [0, 0.05) is 5.56 Å². The van der Waals surface area contributed by atoms with Crippen LogP contribution in [0.4, 0.5) is 0 Å². The number of hydrogen-bond acceptors (Lipinski definition) is 1. The first-order valence-corrected chi connectivity index (χ1v) is 8.16. The lowest BCUT2D eigenvalue weighted by Gasteiger charge is -2.11. The van der Waals surface area contributed by atoms with Crippen molar-refractivity contribution in [3.63, 3.8) is 0 Å². The maximum absolute atomic E-state index is 6.18. The Hall–Kier alpha value is -0.0200. The molecule has 0 N–H and O–H groups in total. The number of thiophene rings is 1. The van der Waals surface area contributed by atoms with Gasteiger partial charge in [0.25, 0.3) is 0 Å². The molecule has 0 spiro atoms. The van der Waals surface area contributed by atoms with Crippen molar-refractivity contribution in [2.75, 3.05) is 0 Å². The summed E-state index contributed by atoms with van der Waals surface area (Å²) in [7, 11) is 0. The molecule has 0 nitrogen and oxygen atoms in total. The first-order chi connectivity index (χ1) is 8.49. The average Bonchev–Trinajstić information content (AvgIpc) is 2.67. The minimum Gasteiger partial charge on any atom is -0.111 e. The van der Waals surface area contributed by atoms with E-state index in [-0.39, 0.29) is 4.83 Å². The lowest BCUT2D eigenvalue weighted by Crippen LogP contribution is -1.93. The van der Waals surface area contributed by atoms with Crippen LogP contribution in [0.25, 0.3) is 0 Å². The molecule has 18 heavy (non-hydrogen) atoms. The van der Waals surface area contributed by atoms with Crippen LogP contribution in [0.5, 0.6) is 0 Å². The molecule has 2 aromatic rings. The second kappa shape index (κ2) is 5.96. The summed E-state index contributed by atoms with van der Waals surface area (Å²) in [6, 6.07) is 10.5. The van der Waals surface area contributed by atoms with Gasteiger partial charge in [0.15, 0.2) is 0 Å². The van der Waals surface area contributed by atoms with E-state index in [1.54, 1.807) is 0 Å². The molecule has 0 saturated heterocycles. The maximum atomic E-state index is 6.18. The Kier molecular flexibility index (Phi) is 4.76.